The summed E-state index contributed by atoms with van der Waals surface area (Å²) in [6.45, 7) is 2.40. The van der Waals surface area contributed by atoms with Gasteiger partial charge in [0.05, 0.1) is 11.4 Å². The first-order chi connectivity index (χ1) is 30.2. The molecule has 2 aliphatic rings. The van der Waals surface area contributed by atoms with Crippen LogP contribution in [-0.4, -0.2) is 0 Å². The largest absolute Gasteiger partial charge is 0.309 e. The minimum atomic E-state index is -0.247. The fourth-order valence-electron chi connectivity index (χ4n) is 10.8. The molecule has 0 spiro atoms. The topological polar surface area (TPSA) is 3.24 Å². The fraction of sp³-hybridized carbons (Fsp3) is 0.133. The zero-order chi connectivity index (χ0) is 40.8. The third-order valence-electron chi connectivity index (χ3n) is 13.8. The molecule has 11 rings (SSSR count). The summed E-state index contributed by atoms with van der Waals surface area (Å²) in [7, 11) is 0. The van der Waals surface area contributed by atoms with Gasteiger partial charge >= 0.3 is 0 Å². The van der Waals surface area contributed by atoms with E-state index in [1.807, 2.05) is 0 Å². The number of para-hydroxylation sites is 2. The number of fused-ring (bicyclic) bond motifs is 4. The maximum atomic E-state index is 2.50. The third kappa shape index (κ3) is 6.30. The number of anilines is 3. The van der Waals surface area contributed by atoms with Crippen molar-refractivity contribution >= 4 is 27.8 Å². The Labute approximate surface area is 360 Å². The van der Waals surface area contributed by atoms with Crippen molar-refractivity contribution in [2.45, 2.75) is 50.4 Å². The summed E-state index contributed by atoms with van der Waals surface area (Å²) in [6, 6.07) is 78.9. The summed E-state index contributed by atoms with van der Waals surface area (Å²) in [5.74, 6) is 0.588. The molecule has 0 N–H and O–H groups in total. The van der Waals surface area contributed by atoms with Crippen LogP contribution < -0.4 is 4.90 Å². The monoisotopic (exact) mass is 783 g/mol. The smallest absolute Gasteiger partial charge is 0.0540 e. The van der Waals surface area contributed by atoms with Crippen molar-refractivity contribution in [2.75, 3.05) is 4.90 Å². The molecule has 294 valence electrons. The summed E-state index contributed by atoms with van der Waals surface area (Å²) in [4.78, 5) is 2.50. The molecule has 1 fully saturated rings. The van der Waals surface area contributed by atoms with Gasteiger partial charge in [-0.15, -0.1) is 0 Å². The maximum Gasteiger partial charge on any atom is 0.0540 e. The van der Waals surface area contributed by atoms with Crippen LogP contribution in [0.4, 0.5) is 17.1 Å². The molecule has 2 aliphatic carbocycles. The Morgan fingerprint density at radius 1 is 0.410 bits per heavy atom. The lowest BCUT2D eigenvalue weighted by Gasteiger charge is -2.31. The average Bonchev–Trinajstić information content (AvgIpc) is 3.61. The van der Waals surface area contributed by atoms with Crippen LogP contribution in [0.3, 0.4) is 0 Å². The van der Waals surface area contributed by atoms with Crippen LogP contribution in [0.25, 0.3) is 55.3 Å². The van der Waals surface area contributed by atoms with Gasteiger partial charge in [-0.3, -0.25) is 0 Å². The molecule has 61 heavy (non-hydrogen) atoms. The Hall–Kier alpha value is -6.96. The van der Waals surface area contributed by atoms with Crippen molar-refractivity contribution < 1.29 is 0 Å². The zero-order valence-electron chi connectivity index (χ0n) is 34.8. The number of rotatable bonds is 8. The summed E-state index contributed by atoms with van der Waals surface area (Å²) in [5.41, 5.74) is 18.8. The van der Waals surface area contributed by atoms with Gasteiger partial charge in [0.2, 0.25) is 0 Å². The minimum absolute atomic E-state index is 0.247. The second-order valence-corrected chi connectivity index (χ2v) is 17.1. The average molecular weight is 784 g/mol. The van der Waals surface area contributed by atoms with Crippen LogP contribution >= 0.6 is 0 Å². The van der Waals surface area contributed by atoms with Gasteiger partial charge in [-0.2, -0.15) is 0 Å². The highest BCUT2D eigenvalue weighted by atomic mass is 15.1. The molecule has 0 saturated heterocycles. The summed E-state index contributed by atoms with van der Waals surface area (Å²) < 4.78 is 0. The molecule has 0 heterocycles. The zero-order valence-corrected chi connectivity index (χ0v) is 34.8. The lowest BCUT2D eigenvalue weighted by molar-refractivity contribution is 0.445. The Kier molecular flexibility index (Phi) is 9.46. The summed E-state index contributed by atoms with van der Waals surface area (Å²) in [6.07, 6.45) is 6.49. The molecule has 1 heteroatoms. The fourth-order valence-corrected chi connectivity index (χ4v) is 10.8. The van der Waals surface area contributed by atoms with Crippen molar-refractivity contribution in [3.05, 3.63) is 235 Å². The number of benzene rings is 9. The molecule has 1 nitrogen and oxygen atoms in total. The van der Waals surface area contributed by atoms with Crippen molar-refractivity contribution in [1.29, 1.82) is 0 Å². The van der Waals surface area contributed by atoms with E-state index in [9.17, 15) is 0 Å². The first kappa shape index (κ1) is 37.1. The normalized spacial score (nSPS) is 16.0. The molecular weight excluding hydrogens is 735 g/mol. The Morgan fingerprint density at radius 2 is 0.951 bits per heavy atom. The summed E-state index contributed by atoms with van der Waals surface area (Å²) in [5, 5.41) is 2.72. The number of hydrogen-bond acceptors (Lipinski definition) is 1. The van der Waals surface area contributed by atoms with E-state index in [0.29, 0.717) is 5.92 Å². The van der Waals surface area contributed by atoms with Crippen LogP contribution in [0.2, 0.25) is 0 Å². The van der Waals surface area contributed by atoms with Crippen molar-refractivity contribution in [3.8, 4) is 44.5 Å². The highest BCUT2D eigenvalue weighted by Crippen LogP contribution is 2.55. The molecule has 0 aromatic heterocycles. The van der Waals surface area contributed by atoms with Crippen molar-refractivity contribution in [3.63, 3.8) is 0 Å². The highest BCUT2D eigenvalue weighted by molar-refractivity contribution is 6.04. The van der Waals surface area contributed by atoms with Crippen LogP contribution in [0.1, 0.15) is 67.2 Å². The van der Waals surface area contributed by atoms with E-state index in [0.717, 1.165) is 17.1 Å². The molecule has 1 unspecified atom stereocenters. The quantitative estimate of drug-likeness (QED) is 0.148. The lowest BCUT2D eigenvalue weighted by atomic mass is 9.74. The molecule has 9 aromatic rings. The first-order valence-corrected chi connectivity index (χ1v) is 22.1. The van der Waals surface area contributed by atoms with E-state index in [1.165, 1.54) is 110 Å². The molecule has 0 amide bonds. The van der Waals surface area contributed by atoms with Crippen LogP contribution in [0.15, 0.2) is 212 Å². The molecule has 0 aliphatic heterocycles. The number of hydrogen-bond donors (Lipinski definition) is 0. The predicted molar refractivity (Wildman–Crippen MR) is 258 cm³/mol. The molecule has 0 bridgehead atoms. The van der Waals surface area contributed by atoms with Gasteiger partial charge in [-0.05, 0) is 116 Å². The van der Waals surface area contributed by atoms with Gasteiger partial charge in [-0.25, -0.2) is 0 Å². The molecule has 1 atom stereocenters. The second kappa shape index (κ2) is 15.6. The van der Waals surface area contributed by atoms with E-state index in [2.05, 4.69) is 224 Å². The standard InChI is InChI=1S/C60H49N/c1-60(46-26-9-4-10-27-46)54-34-14-11-30-53(54)59-50(32-19-35-55(59)60)44-38-40-47(41-39-44)61(56-36-15-12-28-48(56)42-20-5-2-6-21-42)57-37-16-13-29-51(57)52-33-18-25-45-24-17-31-49(58(45)52)43-22-7-3-8-23-43/h2,4-6,9-21,24-41,43H,3,7-8,22-23H2,1H3. The van der Waals surface area contributed by atoms with Gasteiger partial charge in [0.1, 0.15) is 0 Å². The molecule has 9 aromatic carbocycles. The third-order valence-corrected chi connectivity index (χ3v) is 13.8. The van der Waals surface area contributed by atoms with E-state index in [4.69, 9.17) is 0 Å². The van der Waals surface area contributed by atoms with Gasteiger partial charge in [0, 0.05) is 22.2 Å². The predicted octanol–water partition coefficient (Wildman–Crippen LogP) is 16.7. The number of nitrogens with zero attached hydrogens (tertiary/aromatic N) is 1. The van der Waals surface area contributed by atoms with E-state index >= 15 is 0 Å². The summed E-state index contributed by atoms with van der Waals surface area (Å²) >= 11 is 0. The highest BCUT2D eigenvalue weighted by Gasteiger charge is 2.41. The van der Waals surface area contributed by atoms with E-state index in [-0.39, 0.29) is 5.41 Å². The Balaban J connectivity index is 1.09. The van der Waals surface area contributed by atoms with Crippen LogP contribution in [0, 0.1) is 0 Å². The van der Waals surface area contributed by atoms with Crippen LogP contribution in [0.5, 0.6) is 0 Å². The van der Waals surface area contributed by atoms with Gasteiger partial charge < -0.3 is 4.90 Å². The maximum absolute atomic E-state index is 2.50. The van der Waals surface area contributed by atoms with Crippen molar-refractivity contribution in [1.82, 2.24) is 0 Å². The minimum Gasteiger partial charge on any atom is -0.309 e. The Bertz CT molecular complexity index is 3010. The first-order valence-electron chi connectivity index (χ1n) is 22.1. The SMILES string of the molecule is CC1(c2ccccc2)c2ccccc2-c2c(-c3ccc(N(c4ccccc4-c4ccccc4)c4ccccc4-c4cccc5cccc(C6CCCCC6)c45)cc3)cccc21. The lowest BCUT2D eigenvalue weighted by Crippen LogP contribution is -2.22. The molecule has 1 saturated carbocycles. The van der Waals surface area contributed by atoms with E-state index < -0.39 is 0 Å². The van der Waals surface area contributed by atoms with Gasteiger partial charge in [-0.1, -0.05) is 207 Å². The van der Waals surface area contributed by atoms with Gasteiger partial charge in [0.15, 0.2) is 0 Å². The Morgan fingerprint density at radius 3 is 1.70 bits per heavy atom. The molecular formula is C60H49N. The van der Waals surface area contributed by atoms with Crippen molar-refractivity contribution in [2.24, 2.45) is 0 Å². The van der Waals surface area contributed by atoms with E-state index in [1.54, 1.807) is 0 Å². The van der Waals surface area contributed by atoms with Gasteiger partial charge in [0.25, 0.3) is 0 Å². The molecule has 0 radical (unpaired) electrons. The van der Waals surface area contributed by atoms with Crippen LogP contribution in [-0.2, 0) is 5.41 Å². The second-order valence-electron chi connectivity index (χ2n) is 17.1.